The number of nitrogens with one attached hydrogen (secondary N) is 1. The standard InChI is InChI=1S/C22H29N5O2.ClH/c1-3-4-16-5-7-18(8-6-16)27-15-17(13-20(27)28)22(29)26-12-9-23-14-19(26)21-24-10-11-25(21)2;/h5-8,10-11,17,19,23H,3-4,9,12-15H2,1-2H3;1H. The number of aryl methyl sites for hydroxylation is 2. The maximum atomic E-state index is 13.4. The molecule has 4 rings (SSSR count). The molecule has 2 saturated heterocycles. The van der Waals surface area contributed by atoms with E-state index in [1.165, 1.54) is 5.56 Å². The van der Waals surface area contributed by atoms with E-state index >= 15 is 0 Å². The maximum absolute atomic E-state index is 13.4. The third kappa shape index (κ3) is 4.37. The Balaban J connectivity index is 0.00000256. The topological polar surface area (TPSA) is 70.5 Å². The van der Waals surface area contributed by atoms with E-state index < -0.39 is 0 Å². The van der Waals surface area contributed by atoms with Gasteiger partial charge in [-0.1, -0.05) is 25.5 Å². The van der Waals surface area contributed by atoms with Crippen LogP contribution in [0, 0.1) is 5.92 Å². The summed E-state index contributed by atoms with van der Waals surface area (Å²) in [6.07, 6.45) is 6.06. The predicted molar refractivity (Wildman–Crippen MR) is 119 cm³/mol. The van der Waals surface area contributed by atoms with Crippen LogP contribution in [0.1, 0.15) is 37.2 Å². The molecule has 1 aromatic heterocycles. The Morgan fingerprint density at radius 3 is 2.70 bits per heavy atom. The van der Waals surface area contributed by atoms with Gasteiger partial charge in [0.15, 0.2) is 0 Å². The fraction of sp³-hybridized carbons (Fsp3) is 0.500. The molecule has 2 aliphatic rings. The van der Waals surface area contributed by atoms with E-state index in [0.29, 0.717) is 19.6 Å². The first-order valence-corrected chi connectivity index (χ1v) is 10.5. The number of amides is 2. The van der Waals surface area contributed by atoms with Gasteiger partial charge in [0.2, 0.25) is 11.8 Å². The second-order valence-corrected chi connectivity index (χ2v) is 7.97. The summed E-state index contributed by atoms with van der Waals surface area (Å²) in [5.74, 6) is 0.644. The first kappa shape index (κ1) is 22.3. The first-order valence-electron chi connectivity index (χ1n) is 10.5. The Bertz CT molecular complexity index is 882. The molecule has 2 aliphatic heterocycles. The first-order chi connectivity index (χ1) is 14.1. The van der Waals surface area contributed by atoms with Gasteiger partial charge in [-0.25, -0.2) is 4.98 Å². The van der Waals surface area contributed by atoms with Crippen LogP contribution in [0.15, 0.2) is 36.7 Å². The molecule has 8 heteroatoms. The number of piperazine rings is 1. The van der Waals surface area contributed by atoms with E-state index in [2.05, 4.69) is 29.4 Å². The van der Waals surface area contributed by atoms with Crippen molar-refractivity contribution in [1.29, 1.82) is 0 Å². The lowest BCUT2D eigenvalue weighted by molar-refractivity contribution is -0.139. The van der Waals surface area contributed by atoms with Crippen molar-refractivity contribution in [1.82, 2.24) is 19.8 Å². The number of halogens is 1. The summed E-state index contributed by atoms with van der Waals surface area (Å²) >= 11 is 0. The second kappa shape index (κ2) is 9.62. The molecule has 2 atom stereocenters. The van der Waals surface area contributed by atoms with E-state index in [4.69, 9.17) is 0 Å². The van der Waals surface area contributed by atoms with Crippen molar-refractivity contribution in [2.75, 3.05) is 31.1 Å². The van der Waals surface area contributed by atoms with Crippen LogP contribution in [0.2, 0.25) is 0 Å². The molecule has 0 spiro atoms. The number of carbonyl (C=O) groups is 2. The highest BCUT2D eigenvalue weighted by Gasteiger charge is 2.40. The van der Waals surface area contributed by atoms with Crippen molar-refractivity contribution < 1.29 is 9.59 Å². The van der Waals surface area contributed by atoms with Gasteiger partial charge in [0.05, 0.1) is 5.92 Å². The highest BCUT2D eigenvalue weighted by Crippen LogP contribution is 2.30. The van der Waals surface area contributed by atoms with Gasteiger partial charge >= 0.3 is 0 Å². The SMILES string of the molecule is CCCc1ccc(N2CC(C(=O)N3CCNCC3c3nccn3C)CC2=O)cc1.Cl. The molecule has 3 heterocycles. The Kier molecular flexibility index (Phi) is 7.15. The fourth-order valence-electron chi connectivity index (χ4n) is 4.39. The predicted octanol–water partition coefficient (Wildman–Crippen LogP) is 2.32. The van der Waals surface area contributed by atoms with Crippen LogP contribution in [-0.4, -0.2) is 52.4 Å². The zero-order chi connectivity index (χ0) is 20.4. The Labute approximate surface area is 183 Å². The molecular formula is C22H30ClN5O2. The number of hydrogen-bond donors (Lipinski definition) is 1. The van der Waals surface area contributed by atoms with Gasteiger partial charge < -0.3 is 19.7 Å². The highest BCUT2D eigenvalue weighted by atomic mass is 35.5. The zero-order valence-electron chi connectivity index (χ0n) is 17.6. The zero-order valence-corrected chi connectivity index (χ0v) is 18.4. The molecule has 7 nitrogen and oxygen atoms in total. The number of rotatable bonds is 5. The summed E-state index contributed by atoms with van der Waals surface area (Å²) in [6, 6.07) is 8.05. The highest BCUT2D eigenvalue weighted by molar-refractivity contribution is 6.00. The van der Waals surface area contributed by atoms with E-state index in [1.807, 2.05) is 34.8 Å². The molecule has 162 valence electrons. The largest absolute Gasteiger partial charge is 0.336 e. The molecule has 2 aromatic rings. The Morgan fingerprint density at radius 1 is 1.27 bits per heavy atom. The second-order valence-electron chi connectivity index (χ2n) is 7.97. The summed E-state index contributed by atoms with van der Waals surface area (Å²) in [4.78, 5) is 34.2. The summed E-state index contributed by atoms with van der Waals surface area (Å²) in [7, 11) is 1.95. The maximum Gasteiger partial charge on any atom is 0.228 e. The molecule has 2 fully saturated rings. The van der Waals surface area contributed by atoms with Gasteiger partial charge in [-0.05, 0) is 24.1 Å². The van der Waals surface area contributed by atoms with Crippen molar-refractivity contribution >= 4 is 29.9 Å². The van der Waals surface area contributed by atoms with Crippen molar-refractivity contribution in [3.63, 3.8) is 0 Å². The molecule has 0 saturated carbocycles. The van der Waals surface area contributed by atoms with Gasteiger partial charge in [-0.3, -0.25) is 9.59 Å². The number of anilines is 1. The van der Waals surface area contributed by atoms with Gasteiger partial charge in [0.25, 0.3) is 0 Å². The van der Waals surface area contributed by atoms with E-state index in [1.54, 1.807) is 11.1 Å². The minimum atomic E-state index is -0.307. The molecule has 1 N–H and O–H groups in total. The van der Waals surface area contributed by atoms with Crippen molar-refractivity contribution in [3.05, 3.63) is 48.0 Å². The van der Waals surface area contributed by atoms with Crippen molar-refractivity contribution in [2.45, 2.75) is 32.2 Å². The fourth-order valence-corrected chi connectivity index (χ4v) is 4.39. The van der Waals surface area contributed by atoms with Crippen LogP contribution in [0.4, 0.5) is 5.69 Å². The number of hydrogen-bond acceptors (Lipinski definition) is 4. The number of imidazole rings is 1. The van der Waals surface area contributed by atoms with Crippen LogP contribution in [0.25, 0.3) is 0 Å². The van der Waals surface area contributed by atoms with E-state index in [0.717, 1.165) is 30.9 Å². The molecular weight excluding hydrogens is 402 g/mol. The Morgan fingerprint density at radius 2 is 2.03 bits per heavy atom. The summed E-state index contributed by atoms with van der Waals surface area (Å²) in [6.45, 7) is 4.67. The quantitative estimate of drug-likeness (QED) is 0.788. The van der Waals surface area contributed by atoms with Gasteiger partial charge in [-0.15, -0.1) is 12.4 Å². The summed E-state index contributed by atoms with van der Waals surface area (Å²) in [5.41, 5.74) is 2.15. The van der Waals surface area contributed by atoms with Crippen LogP contribution in [-0.2, 0) is 23.1 Å². The lowest BCUT2D eigenvalue weighted by atomic mass is 10.0. The van der Waals surface area contributed by atoms with Crippen LogP contribution in [0.5, 0.6) is 0 Å². The number of benzene rings is 1. The third-order valence-corrected chi connectivity index (χ3v) is 5.94. The van der Waals surface area contributed by atoms with E-state index in [9.17, 15) is 9.59 Å². The lowest BCUT2D eigenvalue weighted by Gasteiger charge is -2.37. The summed E-state index contributed by atoms with van der Waals surface area (Å²) in [5, 5.41) is 3.36. The molecule has 0 aliphatic carbocycles. The molecule has 1 aromatic carbocycles. The average molecular weight is 432 g/mol. The smallest absolute Gasteiger partial charge is 0.228 e. The average Bonchev–Trinajstić information content (AvgIpc) is 3.34. The normalized spacial score (nSPS) is 21.6. The van der Waals surface area contributed by atoms with Gasteiger partial charge in [-0.2, -0.15) is 0 Å². The lowest BCUT2D eigenvalue weighted by Crippen LogP contribution is -2.51. The van der Waals surface area contributed by atoms with Crippen LogP contribution < -0.4 is 10.2 Å². The Hall–Kier alpha value is -2.38. The van der Waals surface area contributed by atoms with E-state index in [-0.39, 0.29) is 42.6 Å². The molecule has 0 radical (unpaired) electrons. The van der Waals surface area contributed by atoms with Crippen LogP contribution in [0.3, 0.4) is 0 Å². The monoisotopic (exact) mass is 431 g/mol. The van der Waals surface area contributed by atoms with Crippen LogP contribution >= 0.6 is 12.4 Å². The van der Waals surface area contributed by atoms with Gasteiger partial charge in [0.1, 0.15) is 11.9 Å². The van der Waals surface area contributed by atoms with Crippen molar-refractivity contribution in [2.24, 2.45) is 13.0 Å². The summed E-state index contributed by atoms with van der Waals surface area (Å²) < 4.78 is 1.96. The van der Waals surface area contributed by atoms with Gasteiger partial charge in [0, 0.05) is 57.7 Å². The molecule has 2 unspecified atom stereocenters. The molecule has 2 amide bonds. The number of carbonyl (C=O) groups excluding carboxylic acids is 2. The minimum absolute atomic E-state index is 0. The third-order valence-electron chi connectivity index (χ3n) is 5.94. The molecule has 30 heavy (non-hydrogen) atoms. The molecule has 0 bridgehead atoms. The minimum Gasteiger partial charge on any atom is -0.336 e. The number of nitrogens with zero attached hydrogens (tertiary/aromatic N) is 4. The number of aromatic nitrogens is 2. The van der Waals surface area contributed by atoms with Crippen molar-refractivity contribution in [3.8, 4) is 0 Å².